The van der Waals surface area contributed by atoms with Gasteiger partial charge in [0.1, 0.15) is 17.1 Å². The number of nitrogens with one attached hydrogen (secondary N) is 1. The zero-order valence-electron chi connectivity index (χ0n) is 20.3. The number of hydrogen-bond donors (Lipinski definition) is 2. The van der Waals surface area contributed by atoms with E-state index in [0.717, 1.165) is 22.7 Å². The molecule has 0 unspecified atom stereocenters. The lowest BCUT2D eigenvalue weighted by atomic mass is 10.1. The number of primary amides is 1. The third kappa shape index (κ3) is 4.60. The van der Waals surface area contributed by atoms with Crippen LogP contribution in [0.25, 0.3) is 16.9 Å². The lowest BCUT2D eigenvalue weighted by molar-refractivity contribution is -0.127. The van der Waals surface area contributed by atoms with Crippen LogP contribution < -0.4 is 10.5 Å². The second-order valence-corrected chi connectivity index (χ2v) is 9.00. The Hall–Kier alpha value is -4.37. The molecule has 1 aliphatic rings. The maximum atomic E-state index is 12.7. The van der Waals surface area contributed by atoms with Crippen molar-refractivity contribution in [3.05, 3.63) is 83.7 Å². The van der Waals surface area contributed by atoms with Crippen LogP contribution >= 0.6 is 0 Å². The first-order valence-electron chi connectivity index (χ1n) is 11.8. The van der Waals surface area contributed by atoms with Crippen LogP contribution in [0, 0.1) is 0 Å². The Balaban J connectivity index is 1.44. The predicted octanol–water partition coefficient (Wildman–Crippen LogP) is 3.22. The van der Waals surface area contributed by atoms with Crippen molar-refractivity contribution in [3.63, 3.8) is 0 Å². The number of aromatic amines is 1. The molecule has 2 aromatic heterocycles. The van der Waals surface area contributed by atoms with E-state index in [0.29, 0.717) is 48.7 Å². The highest BCUT2D eigenvalue weighted by Crippen LogP contribution is 2.31. The normalized spacial score (nSPS) is 13.5. The maximum Gasteiger partial charge on any atom is 0.254 e. The summed E-state index contributed by atoms with van der Waals surface area (Å²) in [6, 6.07) is 16.9. The summed E-state index contributed by atoms with van der Waals surface area (Å²) < 4.78 is 7.66. The highest BCUT2D eigenvalue weighted by Gasteiger charge is 2.28. The van der Waals surface area contributed by atoms with Crippen molar-refractivity contribution < 1.29 is 14.3 Å². The van der Waals surface area contributed by atoms with Gasteiger partial charge < -0.3 is 20.3 Å². The lowest BCUT2D eigenvalue weighted by Gasteiger charge is -2.25. The smallest absolute Gasteiger partial charge is 0.254 e. The van der Waals surface area contributed by atoms with Crippen LogP contribution in [0.1, 0.15) is 21.7 Å². The molecule has 184 valence electrons. The van der Waals surface area contributed by atoms with E-state index in [4.69, 9.17) is 15.5 Å². The highest BCUT2D eigenvalue weighted by atomic mass is 16.5. The van der Waals surface area contributed by atoms with Gasteiger partial charge in [0.2, 0.25) is 5.91 Å². The second kappa shape index (κ2) is 9.71. The Labute approximate surface area is 208 Å². The topological polar surface area (TPSA) is 109 Å². The Kier molecular flexibility index (Phi) is 6.30. The van der Waals surface area contributed by atoms with Crippen LogP contribution in [-0.4, -0.2) is 63.4 Å². The molecular weight excluding hydrogens is 456 g/mol. The third-order valence-electron chi connectivity index (χ3n) is 6.12. The predicted molar refractivity (Wildman–Crippen MR) is 137 cm³/mol. The van der Waals surface area contributed by atoms with Crippen LogP contribution in [-0.2, 0) is 17.8 Å². The SMILES string of the molecule is CN(C)CC=CC(=O)N1CCc2nc3c(C(N)=O)c(-c4ccc(Oc5ccccc5)cc4)[nH]n3c2C1. The Morgan fingerprint density at radius 3 is 2.53 bits per heavy atom. The molecule has 0 radical (unpaired) electrons. The fourth-order valence-corrected chi connectivity index (χ4v) is 4.34. The van der Waals surface area contributed by atoms with Gasteiger partial charge in [0.05, 0.1) is 23.6 Å². The highest BCUT2D eigenvalue weighted by molar-refractivity contribution is 6.04. The van der Waals surface area contributed by atoms with Gasteiger partial charge in [0, 0.05) is 31.1 Å². The van der Waals surface area contributed by atoms with Crippen molar-refractivity contribution in [1.29, 1.82) is 0 Å². The molecule has 0 spiro atoms. The van der Waals surface area contributed by atoms with Gasteiger partial charge in [-0.2, -0.15) is 0 Å². The largest absolute Gasteiger partial charge is 0.457 e. The zero-order chi connectivity index (χ0) is 25.2. The number of fused-ring (bicyclic) bond motifs is 3. The molecular formula is C27H28N6O3. The number of amides is 2. The standard InChI is InChI=1S/C27H28N6O3/c1-31(2)15-6-9-23(34)32-16-14-21-22(17-32)33-27(29-21)24(26(28)35)25(30-33)18-10-12-20(13-11-18)36-19-7-4-3-5-8-19/h3-13,30H,14-17H2,1-2H3,(H2,28,35). The number of benzene rings is 2. The quantitative estimate of drug-likeness (QED) is 0.392. The number of rotatable bonds is 7. The van der Waals surface area contributed by atoms with Gasteiger partial charge in [-0.1, -0.05) is 24.3 Å². The van der Waals surface area contributed by atoms with Crippen molar-refractivity contribution >= 4 is 17.5 Å². The fraction of sp³-hybridized carbons (Fsp3) is 0.222. The van der Waals surface area contributed by atoms with E-state index in [-0.39, 0.29) is 5.91 Å². The molecule has 0 bridgehead atoms. The minimum Gasteiger partial charge on any atom is -0.457 e. The number of carbonyl (C=O) groups is 2. The number of ether oxygens (including phenoxy) is 1. The maximum absolute atomic E-state index is 12.7. The van der Waals surface area contributed by atoms with Crippen LogP contribution in [0.2, 0.25) is 0 Å². The summed E-state index contributed by atoms with van der Waals surface area (Å²) >= 11 is 0. The first-order valence-corrected chi connectivity index (χ1v) is 11.8. The molecule has 1 aliphatic heterocycles. The molecule has 5 rings (SSSR count). The van der Waals surface area contributed by atoms with Crippen molar-refractivity contribution in [2.75, 3.05) is 27.2 Å². The third-order valence-corrected chi connectivity index (χ3v) is 6.12. The number of nitrogens with two attached hydrogens (primary N) is 1. The molecule has 2 aromatic carbocycles. The molecule has 0 atom stereocenters. The molecule has 9 nitrogen and oxygen atoms in total. The number of imidazole rings is 1. The Morgan fingerprint density at radius 1 is 1.11 bits per heavy atom. The molecule has 0 aliphatic carbocycles. The summed E-state index contributed by atoms with van der Waals surface area (Å²) in [4.78, 5) is 33.7. The lowest BCUT2D eigenvalue weighted by Crippen LogP contribution is -2.35. The summed E-state index contributed by atoms with van der Waals surface area (Å²) in [6.45, 7) is 1.66. The number of hydrogen-bond acceptors (Lipinski definition) is 5. The summed E-state index contributed by atoms with van der Waals surface area (Å²) in [5.74, 6) is 0.801. The van der Waals surface area contributed by atoms with Crippen LogP contribution in [0.15, 0.2) is 66.7 Å². The molecule has 3 N–H and O–H groups in total. The first-order chi connectivity index (χ1) is 17.4. The van der Waals surface area contributed by atoms with E-state index < -0.39 is 5.91 Å². The number of likely N-dealkylation sites (N-methyl/N-ethyl adjacent to an activating group) is 1. The van der Waals surface area contributed by atoms with Gasteiger partial charge in [-0.15, -0.1) is 0 Å². The monoisotopic (exact) mass is 484 g/mol. The minimum absolute atomic E-state index is 0.0478. The molecule has 0 saturated heterocycles. The number of aromatic nitrogens is 3. The summed E-state index contributed by atoms with van der Waals surface area (Å²) in [5.41, 5.74) is 9.66. The van der Waals surface area contributed by atoms with Gasteiger partial charge >= 0.3 is 0 Å². The van der Waals surface area contributed by atoms with Crippen LogP contribution in [0.4, 0.5) is 0 Å². The average Bonchev–Trinajstić information content (AvgIpc) is 3.40. The van der Waals surface area contributed by atoms with Crippen LogP contribution in [0.3, 0.4) is 0 Å². The van der Waals surface area contributed by atoms with Crippen molar-refractivity contribution in [2.24, 2.45) is 5.73 Å². The summed E-state index contributed by atoms with van der Waals surface area (Å²) in [7, 11) is 3.90. The van der Waals surface area contributed by atoms with Crippen molar-refractivity contribution in [1.82, 2.24) is 24.4 Å². The number of carbonyl (C=O) groups excluding carboxylic acids is 2. The summed E-state index contributed by atoms with van der Waals surface area (Å²) in [6.07, 6.45) is 4.07. The summed E-state index contributed by atoms with van der Waals surface area (Å²) in [5, 5.41) is 3.31. The van der Waals surface area contributed by atoms with E-state index >= 15 is 0 Å². The van der Waals surface area contributed by atoms with E-state index in [1.54, 1.807) is 15.5 Å². The fourth-order valence-electron chi connectivity index (χ4n) is 4.34. The Morgan fingerprint density at radius 2 is 1.83 bits per heavy atom. The molecule has 2 amide bonds. The second-order valence-electron chi connectivity index (χ2n) is 9.00. The van der Waals surface area contributed by atoms with E-state index in [1.807, 2.05) is 79.7 Å². The molecule has 4 aromatic rings. The number of para-hydroxylation sites is 1. The zero-order valence-corrected chi connectivity index (χ0v) is 20.3. The average molecular weight is 485 g/mol. The molecule has 3 heterocycles. The van der Waals surface area contributed by atoms with Gasteiger partial charge in [-0.05, 0) is 50.5 Å². The van der Waals surface area contributed by atoms with Crippen molar-refractivity contribution in [3.8, 4) is 22.8 Å². The van der Waals surface area contributed by atoms with Gasteiger partial charge in [-0.25, -0.2) is 9.50 Å². The minimum atomic E-state index is -0.567. The van der Waals surface area contributed by atoms with Crippen LogP contribution in [0.5, 0.6) is 11.5 Å². The van der Waals surface area contributed by atoms with E-state index in [1.165, 1.54) is 0 Å². The Bertz CT molecular complexity index is 1430. The first kappa shape index (κ1) is 23.4. The van der Waals surface area contributed by atoms with Gasteiger partial charge in [0.15, 0.2) is 5.65 Å². The molecule has 36 heavy (non-hydrogen) atoms. The van der Waals surface area contributed by atoms with E-state index in [2.05, 4.69) is 5.10 Å². The molecule has 9 heteroatoms. The molecule has 0 fully saturated rings. The number of H-pyrrole nitrogens is 1. The van der Waals surface area contributed by atoms with Gasteiger partial charge in [-0.3, -0.25) is 14.7 Å². The molecule has 0 saturated carbocycles. The van der Waals surface area contributed by atoms with E-state index in [9.17, 15) is 9.59 Å². The van der Waals surface area contributed by atoms with Crippen molar-refractivity contribution in [2.45, 2.75) is 13.0 Å². The number of nitrogens with zero attached hydrogens (tertiary/aromatic N) is 4. The van der Waals surface area contributed by atoms with Gasteiger partial charge in [0.25, 0.3) is 5.91 Å².